The molecular formula is C23H31ClN6O3. The first-order valence-electron chi connectivity index (χ1n) is 11.3. The molecule has 2 heterocycles. The summed E-state index contributed by atoms with van der Waals surface area (Å²) in [6, 6.07) is 1.58. The van der Waals surface area contributed by atoms with Crippen molar-refractivity contribution in [3.05, 3.63) is 39.4 Å². The lowest BCUT2D eigenvalue weighted by molar-refractivity contribution is -0.122. The molecule has 0 aliphatic heterocycles. The number of carbonyl (C=O) groups excluding carboxylic acids is 1. The van der Waals surface area contributed by atoms with Crippen LogP contribution in [0.1, 0.15) is 52.1 Å². The van der Waals surface area contributed by atoms with Crippen molar-refractivity contribution >= 4 is 23.2 Å². The molecule has 2 aromatic rings. The summed E-state index contributed by atoms with van der Waals surface area (Å²) in [6.07, 6.45) is 5.39. The molecule has 2 bridgehead atoms. The molecule has 5 rings (SSSR count). The maximum atomic E-state index is 12.8. The number of methoxy groups -OCH3 is 1. The minimum Gasteiger partial charge on any atom is -0.480 e. The van der Waals surface area contributed by atoms with Gasteiger partial charge in [0.1, 0.15) is 11.6 Å². The molecule has 3 saturated carbocycles. The van der Waals surface area contributed by atoms with Crippen molar-refractivity contribution in [1.29, 1.82) is 0 Å². The van der Waals surface area contributed by atoms with Gasteiger partial charge in [0.25, 0.3) is 5.56 Å². The molecule has 0 radical (unpaired) electrons. The van der Waals surface area contributed by atoms with Gasteiger partial charge in [0, 0.05) is 11.6 Å². The highest BCUT2D eigenvalue weighted by molar-refractivity contribution is 6.32. The largest absolute Gasteiger partial charge is 0.480 e. The van der Waals surface area contributed by atoms with Gasteiger partial charge in [-0.2, -0.15) is 10.2 Å². The van der Waals surface area contributed by atoms with Gasteiger partial charge in [0.15, 0.2) is 0 Å². The number of nitrogens with one attached hydrogen (secondary N) is 2. The number of rotatable bonds is 7. The fourth-order valence-electron chi connectivity index (χ4n) is 5.54. The van der Waals surface area contributed by atoms with E-state index in [-0.39, 0.29) is 23.5 Å². The maximum Gasteiger partial charge on any atom is 0.288 e. The van der Waals surface area contributed by atoms with Gasteiger partial charge < -0.3 is 15.4 Å². The lowest BCUT2D eigenvalue weighted by Gasteiger charge is -2.62. The Labute approximate surface area is 198 Å². The standard InChI is InChI=1S/C23H31ClN6O3/c1-12-16-8-14(23(16,3)4)9-17(12)28-18-10-26-30(22(32)20(18)24)11-19(31)27-13(2)15-6-7-25-29-21(15)33-5/h6-7,10,12-14,16-17,28H,8-9,11H2,1-5H3,(H,27,31)/t12-,13?,14-,16+,17-/m1/s1. The van der Waals surface area contributed by atoms with Crippen LogP contribution in [-0.4, -0.2) is 39.0 Å². The number of aromatic nitrogens is 4. The van der Waals surface area contributed by atoms with E-state index in [1.807, 2.05) is 0 Å². The zero-order valence-corrected chi connectivity index (χ0v) is 20.4. The van der Waals surface area contributed by atoms with E-state index in [0.717, 1.165) is 11.1 Å². The molecule has 3 fully saturated rings. The quantitative estimate of drug-likeness (QED) is 0.634. The highest BCUT2D eigenvalue weighted by atomic mass is 35.5. The van der Waals surface area contributed by atoms with E-state index < -0.39 is 11.6 Å². The van der Waals surface area contributed by atoms with Crippen LogP contribution in [0.5, 0.6) is 5.88 Å². The minimum absolute atomic E-state index is 0.0524. The van der Waals surface area contributed by atoms with E-state index in [9.17, 15) is 9.59 Å². The Kier molecular flexibility index (Phi) is 6.35. The van der Waals surface area contributed by atoms with Crippen LogP contribution in [-0.2, 0) is 11.3 Å². The molecule has 2 aromatic heterocycles. The number of carbonyl (C=O) groups is 1. The van der Waals surface area contributed by atoms with Gasteiger partial charge in [0.05, 0.1) is 31.2 Å². The molecule has 9 nitrogen and oxygen atoms in total. The minimum atomic E-state index is -0.499. The van der Waals surface area contributed by atoms with Crippen LogP contribution < -0.4 is 20.9 Å². The number of ether oxygens (including phenoxy) is 1. The van der Waals surface area contributed by atoms with Crippen molar-refractivity contribution in [1.82, 2.24) is 25.3 Å². The molecule has 3 aliphatic carbocycles. The van der Waals surface area contributed by atoms with E-state index in [1.165, 1.54) is 25.9 Å². The number of amides is 1. The first kappa shape index (κ1) is 23.5. The van der Waals surface area contributed by atoms with Crippen LogP contribution >= 0.6 is 11.6 Å². The predicted octanol–water partition coefficient (Wildman–Crippen LogP) is 3.06. The molecule has 2 N–H and O–H groups in total. The molecule has 0 aromatic carbocycles. The van der Waals surface area contributed by atoms with Crippen LogP contribution in [0.3, 0.4) is 0 Å². The van der Waals surface area contributed by atoms with E-state index >= 15 is 0 Å². The molecule has 33 heavy (non-hydrogen) atoms. The summed E-state index contributed by atoms with van der Waals surface area (Å²) < 4.78 is 6.26. The molecule has 3 aliphatic rings. The van der Waals surface area contributed by atoms with Gasteiger partial charge in [-0.05, 0) is 49.0 Å². The van der Waals surface area contributed by atoms with Gasteiger partial charge in [0.2, 0.25) is 11.8 Å². The third kappa shape index (κ3) is 4.30. The van der Waals surface area contributed by atoms with Gasteiger partial charge in [-0.15, -0.1) is 5.10 Å². The Morgan fingerprint density at radius 2 is 2.15 bits per heavy atom. The number of hydrogen-bond donors (Lipinski definition) is 2. The van der Waals surface area contributed by atoms with Gasteiger partial charge >= 0.3 is 0 Å². The number of halogens is 1. The number of hydrogen-bond acceptors (Lipinski definition) is 7. The van der Waals surface area contributed by atoms with E-state index in [2.05, 4.69) is 46.7 Å². The van der Waals surface area contributed by atoms with Crippen molar-refractivity contribution in [3.63, 3.8) is 0 Å². The summed E-state index contributed by atoms with van der Waals surface area (Å²) in [7, 11) is 1.49. The van der Waals surface area contributed by atoms with Crippen molar-refractivity contribution in [3.8, 4) is 5.88 Å². The lowest BCUT2D eigenvalue weighted by Crippen LogP contribution is -2.58. The average molecular weight is 475 g/mol. The summed E-state index contributed by atoms with van der Waals surface area (Å²) in [5.74, 6) is 1.78. The Morgan fingerprint density at radius 1 is 1.39 bits per heavy atom. The summed E-state index contributed by atoms with van der Waals surface area (Å²) >= 11 is 6.39. The fourth-order valence-corrected chi connectivity index (χ4v) is 5.74. The third-order valence-corrected chi connectivity index (χ3v) is 8.09. The number of fused-ring (bicyclic) bond motifs is 2. The highest BCUT2D eigenvalue weighted by Crippen LogP contribution is 2.61. The normalized spacial score (nSPS) is 26.1. The van der Waals surface area contributed by atoms with Crippen LogP contribution in [0.2, 0.25) is 5.02 Å². The van der Waals surface area contributed by atoms with Gasteiger partial charge in [-0.3, -0.25) is 9.59 Å². The Morgan fingerprint density at radius 3 is 2.82 bits per heavy atom. The molecule has 1 amide bonds. The number of anilines is 1. The number of nitrogens with zero attached hydrogens (tertiary/aromatic N) is 4. The lowest BCUT2D eigenvalue weighted by atomic mass is 9.45. The SMILES string of the molecule is COc1nnccc1C(C)NC(=O)Cn1ncc(N[C@@H]2C[C@H]3C[C@@H]([C@H]2C)C3(C)C)c(Cl)c1=O. The molecule has 5 atom stereocenters. The Balaban J connectivity index is 1.41. The third-order valence-electron chi connectivity index (χ3n) is 7.73. The molecule has 0 saturated heterocycles. The maximum absolute atomic E-state index is 12.8. The predicted molar refractivity (Wildman–Crippen MR) is 125 cm³/mol. The van der Waals surface area contributed by atoms with Gasteiger partial charge in [-0.1, -0.05) is 32.4 Å². The van der Waals surface area contributed by atoms with Crippen molar-refractivity contribution in [2.75, 3.05) is 12.4 Å². The monoisotopic (exact) mass is 474 g/mol. The first-order chi connectivity index (χ1) is 15.6. The zero-order valence-electron chi connectivity index (χ0n) is 19.6. The molecule has 178 valence electrons. The molecule has 10 heteroatoms. The second kappa shape index (κ2) is 8.93. The van der Waals surface area contributed by atoms with E-state index in [0.29, 0.717) is 40.3 Å². The smallest absolute Gasteiger partial charge is 0.288 e. The fraction of sp³-hybridized carbons (Fsp3) is 0.609. The Hall–Kier alpha value is -2.68. The summed E-state index contributed by atoms with van der Waals surface area (Å²) in [4.78, 5) is 25.4. The van der Waals surface area contributed by atoms with Crippen LogP contribution in [0, 0.1) is 23.2 Å². The summed E-state index contributed by atoms with van der Waals surface area (Å²) in [6.45, 7) is 8.51. The highest BCUT2D eigenvalue weighted by Gasteiger charge is 2.56. The van der Waals surface area contributed by atoms with Crippen LogP contribution in [0.25, 0.3) is 0 Å². The van der Waals surface area contributed by atoms with Gasteiger partial charge in [-0.25, -0.2) is 4.68 Å². The second-order valence-corrected chi connectivity index (χ2v) is 10.2. The Bertz CT molecular complexity index is 1100. The molecule has 1 unspecified atom stereocenters. The second-order valence-electron chi connectivity index (χ2n) is 9.83. The van der Waals surface area contributed by atoms with Crippen molar-refractivity contribution in [2.24, 2.45) is 23.2 Å². The summed E-state index contributed by atoms with van der Waals surface area (Å²) in [5, 5.41) is 18.2. The van der Waals surface area contributed by atoms with E-state index in [1.54, 1.807) is 13.0 Å². The molecule has 0 spiro atoms. The zero-order chi connectivity index (χ0) is 23.9. The molecular weight excluding hydrogens is 444 g/mol. The van der Waals surface area contributed by atoms with Crippen molar-refractivity contribution in [2.45, 2.75) is 59.2 Å². The summed E-state index contributed by atoms with van der Waals surface area (Å²) in [5.41, 5.74) is 1.09. The van der Waals surface area contributed by atoms with E-state index in [4.69, 9.17) is 16.3 Å². The van der Waals surface area contributed by atoms with Crippen molar-refractivity contribution < 1.29 is 9.53 Å². The first-order valence-corrected chi connectivity index (χ1v) is 11.7. The average Bonchev–Trinajstić information content (AvgIpc) is 2.79. The topological polar surface area (TPSA) is 111 Å². The van der Waals surface area contributed by atoms with Crippen LogP contribution in [0.15, 0.2) is 23.3 Å². The van der Waals surface area contributed by atoms with Crippen LogP contribution in [0.4, 0.5) is 5.69 Å².